The lowest BCUT2D eigenvalue weighted by atomic mass is 10.1. The van der Waals surface area contributed by atoms with E-state index in [1.165, 1.54) is 0 Å². The van der Waals surface area contributed by atoms with E-state index in [0.29, 0.717) is 17.3 Å². The van der Waals surface area contributed by atoms with Gasteiger partial charge in [-0.3, -0.25) is 9.69 Å². The van der Waals surface area contributed by atoms with E-state index in [2.05, 4.69) is 10.2 Å². The van der Waals surface area contributed by atoms with Gasteiger partial charge in [0.05, 0.1) is 17.3 Å². The third-order valence-electron chi connectivity index (χ3n) is 3.37. The molecule has 6 heteroatoms. The summed E-state index contributed by atoms with van der Waals surface area (Å²) in [6.45, 7) is 5.97. The summed E-state index contributed by atoms with van der Waals surface area (Å²) in [5.74, 6) is -0.0389. The first-order valence-electron chi connectivity index (χ1n) is 6.50. The van der Waals surface area contributed by atoms with E-state index in [1.807, 2.05) is 26.0 Å². The molecule has 2 rings (SSSR count). The van der Waals surface area contributed by atoms with Gasteiger partial charge < -0.3 is 11.1 Å². The topological polar surface area (TPSA) is 58.4 Å². The molecule has 0 spiro atoms. The third kappa shape index (κ3) is 4.35. The highest BCUT2D eigenvalue weighted by Crippen LogP contribution is 2.27. The number of halogens is 2. The van der Waals surface area contributed by atoms with Crippen LogP contribution >= 0.6 is 24.0 Å². The highest BCUT2D eigenvalue weighted by molar-refractivity contribution is 6.34. The second-order valence-electron chi connectivity index (χ2n) is 5.27. The second-order valence-corrected chi connectivity index (χ2v) is 5.68. The van der Waals surface area contributed by atoms with Gasteiger partial charge in [-0.05, 0) is 37.5 Å². The Morgan fingerprint density at radius 3 is 2.75 bits per heavy atom. The van der Waals surface area contributed by atoms with Crippen molar-refractivity contribution in [2.45, 2.75) is 26.3 Å². The highest BCUT2D eigenvalue weighted by atomic mass is 35.5. The van der Waals surface area contributed by atoms with E-state index in [9.17, 15) is 4.79 Å². The Kier molecular flexibility index (Phi) is 6.27. The van der Waals surface area contributed by atoms with Crippen molar-refractivity contribution >= 4 is 35.6 Å². The number of anilines is 1. The van der Waals surface area contributed by atoms with Crippen molar-refractivity contribution in [1.29, 1.82) is 0 Å². The number of carbonyl (C=O) groups excluding carboxylic acids is 1. The number of amides is 1. The van der Waals surface area contributed by atoms with Crippen LogP contribution in [0.15, 0.2) is 12.1 Å². The highest BCUT2D eigenvalue weighted by Gasteiger charge is 2.21. The van der Waals surface area contributed by atoms with Gasteiger partial charge in [0.15, 0.2) is 0 Å². The lowest BCUT2D eigenvalue weighted by Crippen LogP contribution is -2.33. The minimum Gasteiger partial charge on any atom is -0.326 e. The number of nitrogens with two attached hydrogens (primary N) is 1. The second kappa shape index (κ2) is 7.27. The number of likely N-dealkylation sites (tertiary alicyclic amines) is 1. The molecule has 0 aromatic heterocycles. The van der Waals surface area contributed by atoms with Crippen LogP contribution in [0.4, 0.5) is 5.69 Å². The SMILES string of the molecule is Cc1cc(C)c(NC(=O)CN2CC[C@@H](N)C2)c(Cl)c1.Cl. The number of aryl methyl sites for hydroxylation is 2. The lowest BCUT2D eigenvalue weighted by Gasteiger charge is -2.16. The number of carbonyl (C=O) groups is 1. The van der Waals surface area contributed by atoms with Crippen LogP contribution in [0.3, 0.4) is 0 Å². The van der Waals surface area contributed by atoms with Crippen molar-refractivity contribution in [2.75, 3.05) is 25.0 Å². The number of nitrogens with zero attached hydrogens (tertiary/aromatic N) is 1. The molecule has 0 radical (unpaired) electrons. The summed E-state index contributed by atoms with van der Waals surface area (Å²) in [6, 6.07) is 4.06. The van der Waals surface area contributed by atoms with Crippen LogP contribution in [0, 0.1) is 13.8 Å². The zero-order chi connectivity index (χ0) is 14.0. The molecule has 0 saturated carbocycles. The molecular formula is C14H21Cl2N3O. The van der Waals surface area contributed by atoms with Crippen molar-refractivity contribution in [1.82, 2.24) is 4.90 Å². The van der Waals surface area contributed by atoms with Crippen molar-refractivity contribution in [2.24, 2.45) is 5.73 Å². The molecule has 3 N–H and O–H groups in total. The molecule has 1 aliphatic heterocycles. The van der Waals surface area contributed by atoms with Gasteiger partial charge in [0.2, 0.25) is 5.91 Å². The first kappa shape index (κ1) is 17.2. The number of benzene rings is 1. The van der Waals surface area contributed by atoms with Gasteiger partial charge in [-0.25, -0.2) is 0 Å². The fraction of sp³-hybridized carbons (Fsp3) is 0.500. The third-order valence-corrected chi connectivity index (χ3v) is 3.67. The normalized spacial score (nSPS) is 18.7. The molecule has 1 saturated heterocycles. The first-order valence-corrected chi connectivity index (χ1v) is 6.88. The fourth-order valence-electron chi connectivity index (χ4n) is 2.46. The molecule has 1 aromatic rings. The molecule has 0 aliphatic carbocycles. The van der Waals surface area contributed by atoms with Gasteiger partial charge in [0.25, 0.3) is 0 Å². The van der Waals surface area contributed by atoms with Crippen LogP contribution in [-0.2, 0) is 4.79 Å². The fourth-order valence-corrected chi connectivity index (χ4v) is 2.83. The summed E-state index contributed by atoms with van der Waals surface area (Å²) in [7, 11) is 0. The van der Waals surface area contributed by atoms with Gasteiger partial charge in [0, 0.05) is 19.1 Å². The summed E-state index contributed by atoms with van der Waals surface area (Å²) in [5, 5.41) is 3.48. The molecule has 0 bridgehead atoms. The van der Waals surface area contributed by atoms with E-state index < -0.39 is 0 Å². The molecule has 4 nitrogen and oxygen atoms in total. The maximum atomic E-state index is 12.0. The Morgan fingerprint density at radius 1 is 1.50 bits per heavy atom. The summed E-state index contributed by atoms with van der Waals surface area (Å²) >= 11 is 6.17. The molecule has 1 aromatic carbocycles. The molecule has 112 valence electrons. The van der Waals surface area contributed by atoms with Crippen molar-refractivity contribution in [3.8, 4) is 0 Å². The Labute approximate surface area is 131 Å². The van der Waals surface area contributed by atoms with Crippen LogP contribution < -0.4 is 11.1 Å². The lowest BCUT2D eigenvalue weighted by molar-refractivity contribution is -0.117. The van der Waals surface area contributed by atoms with Gasteiger partial charge in [-0.15, -0.1) is 12.4 Å². The number of nitrogens with one attached hydrogen (secondary N) is 1. The van der Waals surface area contributed by atoms with Gasteiger partial charge >= 0.3 is 0 Å². The Hall–Kier alpha value is -0.810. The van der Waals surface area contributed by atoms with E-state index >= 15 is 0 Å². The molecule has 20 heavy (non-hydrogen) atoms. The average Bonchev–Trinajstić information content (AvgIpc) is 2.69. The average molecular weight is 318 g/mol. The minimum atomic E-state index is -0.0389. The molecule has 1 heterocycles. The predicted octanol–water partition coefficient (Wildman–Crippen LogP) is 2.35. The molecule has 1 atom stereocenters. The van der Waals surface area contributed by atoms with Crippen LogP contribution in [0.25, 0.3) is 0 Å². The van der Waals surface area contributed by atoms with Crippen molar-refractivity contribution in [3.63, 3.8) is 0 Å². The zero-order valence-corrected chi connectivity index (χ0v) is 13.4. The largest absolute Gasteiger partial charge is 0.326 e. The monoisotopic (exact) mass is 317 g/mol. The maximum absolute atomic E-state index is 12.0. The predicted molar refractivity (Wildman–Crippen MR) is 85.8 cm³/mol. The Bertz CT molecular complexity index is 470. The van der Waals surface area contributed by atoms with E-state index in [-0.39, 0.29) is 24.4 Å². The van der Waals surface area contributed by atoms with E-state index in [1.54, 1.807) is 0 Å². The number of rotatable bonds is 3. The minimum absolute atomic E-state index is 0. The zero-order valence-electron chi connectivity index (χ0n) is 11.8. The molecule has 0 unspecified atom stereocenters. The summed E-state index contributed by atoms with van der Waals surface area (Å²) in [4.78, 5) is 14.1. The first-order chi connectivity index (χ1) is 8.95. The standard InChI is InChI=1S/C14H20ClN3O.ClH/c1-9-5-10(2)14(12(15)6-9)17-13(19)8-18-4-3-11(16)7-18;/h5-6,11H,3-4,7-8,16H2,1-2H3,(H,17,19);1H/t11-;/m1./s1. The van der Waals surface area contributed by atoms with Crippen LogP contribution in [0.2, 0.25) is 5.02 Å². The Balaban J connectivity index is 0.00000200. The van der Waals surface area contributed by atoms with Crippen LogP contribution in [-0.4, -0.2) is 36.5 Å². The Morgan fingerprint density at radius 2 is 2.20 bits per heavy atom. The molecular weight excluding hydrogens is 297 g/mol. The van der Waals surface area contributed by atoms with E-state index in [4.69, 9.17) is 17.3 Å². The molecule has 1 fully saturated rings. The summed E-state index contributed by atoms with van der Waals surface area (Å²) in [5.41, 5.74) is 8.60. The van der Waals surface area contributed by atoms with Gasteiger partial charge in [-0.2, -0.15) is 0 Å². The number of hydrogen-bond acceptors (Lipinski definition) is 3. The van der Waals surface area contributed by atoms with Gasteiger partial charge in [-0.1, -0.05) is 17.7 Å². The summed E-state index contributed by atoms with van der Waals surface area (Å²) in [6.07, 6.45) is 0.956. The van der Waals surface area contributed by atoms with Crippen molar-refractivity contribution < 1.29 is 4.79 Å². The van der Waals surface area contributed by atoms with Crippen molar-refractivity contribution in [3.05, 3.63) is 28.3 Å². The maximum Gasteiger partial charge on any atom is 0.238 e. The summed E-state index contributed by atoms with van der Waals surface area (Å²) < 4.78 is 0. The molecule has 1 amide bonds. The van der Waals surface area contributed by atoms with Crippen LogP contribution in [0.1, 0.15) is 17.5 Å². The smallest absolute Gasteiger partial charge is 0.238 e. The quantitative estimate of drug-likeness (QED) is 0.899. The molecule has 1 aliphatic rings. The van der Waals surface area contributed by atoms with Gasteiger partial charge in [0.1, 0.15) is 0 Å². The van der Waals surface area contributed by atoms with E-state index in [0.717, 1.165) is 30.6 Å². The van der Waals surface area contributed by atoms with Crippen LogP contribution in [0.5, 0.6) is 0 Å². The number of hydrogen-bond donors (Lipinski definition) is 2.